The third-order valence-corrected chi connectivity index (χ3v) is 3.59. The van der Waals surface area contributed by atoms with Crippen LogP contribution in [0.15, 0.2) is 0 Å². The molecule has 2 atom stereocenters. The van der Waals surface area contributed by atoms with Crippen LogP contribution in [0.1, 0.15) is 40.0 Å². The Morgan fingerprint density at radius 3 is 2.15 bits per heavy atom. The molecular formula is C10H17F3. The smallest absolute Gasteiger partial charge is 0.171 e. The first kappa shape index (κ1) is 10.9. The quantitative estimate of drug-likeness (QED) is 0.546. The van der Waals surface area contributed by atoms with Gasteiger partial charge in [-0.2, -0.15) is 13.2 Å². The van der Waals surface area contributed by atoms with Crippen LogP contribution in [0.3, 0.4) is 0 Å². The van der Waals surface area contributed by atoms with Crippen LogP contribution in [0.4, 0.5) is 13.2 Å². The van der Waals surface area contributed by atoms with Crippen molar-refractivity contribution in [2.45, 2.75) is 46.2 Å². The van der Waals surface area contributed by atoms with Gasteiger partial charge in [0, 0.05) is 0 Å². The van der Waals surface area contributed by atoms with E-state index in [-0.39, 0.29) is 11.3 Å². The standard InChI is InChI=1S/C10H17F3/c1-7-8(10(11,12)13)5-4-6-9(7,2)3/h7-8H,4-6H2,1-3H3/t7-,8?/m0/s1. The molecular weight excluding hydrogens is 177 g/mol. The normalized spacial score (nSPS) is 34.6. The number of rotatable bonds is 0. The maximum atomic E-state index is 12.5. The first-order valence-electron chi connectivity index (χ1n) is 4.82. The Kier molecular flexibility index (Phi) is 2.65. The van der Waals surface area contributed by atoms with E-state index in [1.165, 1.54) is 0 Å². The van der Waals surface area contributed by atoms with Crippen LogP contribution in [0.5, 0.6) is 0 Å². The van der Waals surface area contributed by atoms with Crippen LogP contribution in [0, 0.1) is 17.3 Å². The number of halogens is 3. The van der Waals surface area contributed by atoms with Crippen molar-refractivity contribution in [2.75, 3.05) is 0 Å². The zero-order chi connectivity index (χ0) is 10.3. The fourth-order valence-electron chi connectivity index (χ4n) is 2.25. The maximum Gasteiger partial charge on any atom is 0.392 e. The summed E-state index contributed by atoms with van der Waals surface area (Å²) in [5.74, 6) is -1.34. The lowest BCUT2D eigenvalue weighted by molar-refractivity contribution is -0.207. The van der Waals surface area contributed by atoms with Gasteiger partial charge in [0.15, 0.2) is 0 Å². The van der Waals surface area contributed by atoms with Crippen molar-refractivity contribution in [1.82, 2.24) is 0 Å². The Morgan fingerprint density at radius 1 is 1.23 bits per heavy atom. The summed E-state index contributed by atoms with van der Waals surface area (Å²) in [5, 5.41) is 0. The van der Waals surface area contributed by atoms with E-state index in [2.05, 4.69) is 0 Å². The highest BCUT2D eigenvalue weighted by atomic mass is 19.4. The van der Waals surface area contributed by atoms with Gasteiger partial charge >= 0.3 is 6.18 Å². The second-order valence-electron chi connectivity index (χ2n) is 4.82. The van der Waals surface area contributed by atoms with E-state index in [0.717, 1.165) is 6.42 Å². The zero-order valence-corrected chi connectivity index (χ0v) is 8.41. The molecule has 1 unspecified atom stereocenters. The third-order valence-electron chi connectivity index (χ3n) is 3.59. The van der Waals surface area contributed by atoms with Gasteiger partial charge in [0.1, 0.15) is 0 Å². The first-order valence-corrected chi connectivity index (χ1v) is 4.82. The van der Waals surface area contributed by atoms with Gasteiger partial charge in [-0.15, -0.1) is 0 Å². The minimum absolute atomic E-state index is 0.154. The fraction of sp³-hybridized carbons (Fsp3) is 1.00. The fourth-order valence-corrected chi connectivity index (χ4v) is 2.25. The SMILES string of the molecule is C[C@H]1C(C(F)(F)F)CCCC1(C)C. The largest absolute Gasteiger partial charge is 0.392 e. The van der Waals surface area contributed by atoms with E-state index in [0.29, 0.717) is 12.8 Å². The molecule has 1 aliphatic carbocycles. The van der Waals surface area contributed by atoms with E-state index in [9.17, 15) is 13.2 Å². The molecule has 0 N–H and O–H groups in total. The van der Waals surface area contributed by atoms with Crippen molar-refractivity contribution >= 4 is 0 Å². The van der Waals surface area contributed by atoms with Gasteiger partial charge < -0.3 is 0 Å². The lowest BCUT2D eigenvalue weighted by Crippen LogP contribution is -2.40. The van der Waals surface area contributed by atoms with Crippen molar-refractivity contribution in [1.29, 1.82) is 0 Å². The first-order chi connectivity index (χ1) is 5.75. The van der Waals surface area contributed by atoms with Gasteiger partial charge in [-0.1, -0.05) is 27.2 Å². The van der Waals surface area contributed by atoms with Crippen LogP contribution >= 0.6 is 0 Å². The average Bonchev–Trinajstić information content (AvgIpc) is 1.92. The van der Waals surface area contributed by atoms with Crippen LogP contribution in [-0.2, 0) is 0 Å². The summed E-state index contributed by atoms with van der Waals surface area (Å²) in [5.41, 5.74) is -0.154. The summed E-state index contributed by atoms with van der Waals surface area (Å²) < 4.78 is 37.6. The van der Waals surface area contributed by atoms with Crippen molar-refractivity contribution in [3.63, 3.8) is 0 Å². The molecule has 0 nitrogen and oxygen atoms in total. The second kappa shape index (κ2) is 3.18. The van der Waals surface area contributed by atoms with E-state index in [1.54, 1.807) is 6.92 Å². The Labute approximate surface area is 77.5 Å². The van der Waals surface area contributed by atoms with Crippen molar-refractivity contribution in [3.05, 3.63) is 0 Å². The van der Waals surface area contributed by atoms with Gasteiger partial charge in [0.2, 0.25) is 0 Å². The van der Waals surface area contributed by atoms with Gasteiger partial charge in [0.05, 0.1) is 5.92 Å². The monoisotopic (exact) mass is 194 g/mol. The summed E-state index contributed by atoms with van der Waals surface area (Å²) in [6.45, 7) is 5.61. The van der Waals surface area contributed by atoms with Crippen molar-refractivity contribution in [2.24, 2.45) is 17.3 Å². The predicted molar refractivity (Wildman–Crippen MR) is 46.3 cm³/mol. The number of alkyl halides is 3. The summed E-state index contributed by atoms with van der Waals surface area (Å²) in [4.78, 5) is 0. The van der Waals surface area contributed by atoms with E-state index in [1.807, 2.05) is 13.8 Å². The highest BCUT2D eigenvalue weighted by Gasteiger charge is 2.49. The summed E-state index contributed by atoms with van der Waals surface area (Å²) in [7, 11) is 0. The van der Waals surface area contributed by atoms with Crippen molar-refractivity contribution < 1.29 is 13.2 Å². The van der Waals surface area contributed by atoms with Crippen LogP contribution in [-0.4, -0.2) is 6.18 Å². The summed E-state index contributed by atoms with van der Waals surface area (Å²) in [6, 6.07) is 0. The summed E-state index contributed by atoms with van der Waals surface area (Å²) in [6.07, 6.45) is -2.06. The minimum Gasteiger partial charge on any atom is -0.171 e. The van der Waals surface area contributed by atoms with Crippen LogP contribution in [0.2, 0.25) is 0 Å². The molecule has 0 aliphatic heterocycles. The Bertz CT molecular complexity index is 181. The van der Waals surface area contributed by atoms with Gasteiger partial charge in [-0.3, -0.25) is 0 Å². The Hall–Kier alpha value is -0.210. The molecule has 0 aromatic heterocycles. The molecule has 3 heteroatoms. The Balaban J connectivity index is 2.77. The van der Waals surface area contributed by atoms with E-state index >= 15 is 0 Å². The molecule has 0 heterocycles. The molecule has 1 rings (SSSR count). The molecule has 0 amide bonds. The molecule has 0 aromatic rings. The molecule has 13 heavy (non-hydrogen) atoms. The molecule has 78 valence electrons. The summed E-state index contributed by atoms with van der Waals surface area (Å²) >= 11 is 0. The highest BCUT2D eigenvalue weighted by Crippen LogP contribution is 2.49. The van der Waals surface area contributed by atoms with Gasteiger partial charge in [0.25, 0.3) is 0 Å². The topological polar surface area (TPSA) is 0 Å². The molecule has 1 saturated carbocycles. The van der Waals surface area contributed by atoms with Crippen LogP contribution < -0.4 is 0 Å². The van der Waals surface area contributed by atoms with Crippen molar-refractivity contribution in [3.8, 4) is 0 Å². The lowest BCUT2D eigenvalue weighted by Gasteiger charge is -2.42. The van der Waals surface area contributed by atoms with Crippen LogP contribution in [0.25, 0.3) is 0 Å². The average molecular weight is 194 g/mol. The number of hydrogen-bond donors (Lipinski definition) is 0. The minimum atomic E-state index is -4.00. The highest BCUT2D eigenvalue weighted by molar-refractivity contribution is 4.88. The molecule has 0 bridgehead atoms. The third kappa shape index (κ3) is 2.18. The molecule has 0 aromatic carbocycles. The second-order valence-corrected chi connectivity index (χ2v) is 4.82. The molecule has 1 fully saturated rings. The molecule has 1 aliphatic rings. The van der Waals surface area contributed by atoms with Gasteiger partial charge in [-0.25, -0.2) is 0 Å². The zero-order valence-electron chi connectivity index (χ0n) is 8.41. The van der Waals surface area contributed by atoms with E-state index < -0.39 is 12.1 Å². The number of hydrogen-bond acceptors (Lipinski definition) is 0. The van der Waals surface area contributed by atoms with Gasteiger partial charge in [-0.05, 0) is 24.2 Å². The molecule has 0 spiro atoms. The molecule has 0 saturated heterocycles. The lowest BCUT2D eigenvalue weighted by atomic mass is 9.64. The maximum absolute atomic E-state index is 12.5. The predicted octanol–water partition coefficient (Wildman–Crippen LogP) is 4.01. The Morgan fingerprint density at radius 2 is 1.77 bits per heavy atom. The molecule has 0 radical (unpaired) electrons. The van der Waals surface area contributed by atoms with E-state index in [4.69, 9.17) is 0 Å².